The van der Waals surface area contributed by atoms with Gasteiger partial charge in [0.1, 0.15) is 18.0 Å². The Labute approximate surface area is 202 Å². The van der Waals surface area contributed by atoms with Crippen LogP contribution in [0.25, 0.3) is 21.6 Å². The van der Waals surface area contributed by atoms with Crippen molar-refractivity contribution in [1.29, 1.82) is 0 Å². The van der Waals surface area contributed by atoms with Crippen molar-refractivity contribution in [2.45, 2.75) is 6.54 Å². The molecule has 33 heavy (non-hydrogen) atoms. The Morgan fingerprint density at radius 2 is 1.88 bits per heavy atom. The minimum Gasteiger partial charge on any atom is -0.457 e. The van der Waals surface area contributed by atoms with Gasteiger partial charge in [-0.25, -0.2) is 4.98 Å². The summed E-state index contributed by atoms with van der Waals surface area (Å²) < 4.78 is 8.77. The number of nitrogens with zero attached hydrogens (tertiary/aromatic N) is 3. The van der Waals surface area contributed by atoms with Gasteiger partial charge in [0.2, 0.25) is 5.91 Å². The van der Waals surface area contributed by atoms with Crippen LogP contribution < -0.4 is 10.1 Å². The quantitative estimate of drug-likeness (QED) is 0.271. The summed E-state index contributed by atoms with van der Waals surface area (Å²) in [5.41, 5.74) is 1.57. The van der Waals surface area contributed by atoms with E-state index in [-0.39, 0.29) is 12.5 Å². The molecule has 0 unspecified atom stereocenters. The third-order valence-corrected chi connectivity index (χ3v) is 6.24. The Bertz CT molecular complexity index is 1490. The van der Waals surface area contributed by atoms with E-state index in [1.54, 1.807) is 16.7 Å². The molecule has 2 aromatic heterocycles. The summed E-state index contributed by atoms with van der Waals surface area (Å²) in [6, 6.07) is 22.3. The fraction of sp³-hybridized carbons (Fsp3) is 0.0435. The van der Waals surface area contributed by atoms with E-state index in [9.17, 15) is 4.79 Å². The molecule has 0 aliphatic carbocycles. The lowest BCUT2D eigenvalue weighted by atomic mass is 10.2. The highest BCUT2D eigenvalue weighted by Crippen LogP contribution is 2.31. The van der Waals surface area contributed by atoms with Crippen molar-refractivity contribution in [2.24, 2.45) is 0 Å². The first-order valence-electron chi connectivity index (χ1n) is 9.90. The van der Waals surface area contributed by atoms with Gasteiger partial charge in [-0.2, -0.15) is 5.10 Å². The fourth-order valence-electron chi connectivity index (χ4n) is 3.23. The number of rotatable bonds is 6. The molecule has 0 saturated heterocycles. The normalized spacial score (nSPS) is 10.9. The zero-order valence-corrected chi connectivity index (χ0v) is 19.4. The van der Waals surface area contributed by atoms with E-state index < -0.39 is 0 Å². The van der Waals surface area contributed by atoms with Gasteiger partial charge >= 0.3 is 0 Å². The lowest BCUT2D eigenvalue weighted by Gasteiger charge is -2.06. The first-order valence-corrected chi connectivity index (χ1v) is 11.5. The molecule has 0 atom stereocenters. The number of hydrogen-bond donors (Lipinski definition) is 2. The van der Waals surface area contributed by atoms with Gasteiger partial charge in [0.05, 0.1) is 10.2 Å². The number of aromatic amines is 1. The van der Waals surface area contributed by atoms with Crippen molar-refractivity contribution in [1.82, 2.24) is 19.7 Å². The average molecular weight is 494 g/mol. The molecule has 3 aromatic carbocycles. The summed E-state index contributed by atoms with van der Waals surface area (Å²) in [5, 5.41) is 11.0. The van der Waals surface area contributed by atoms with E-state index >= 15 is 0 Å². The average Bonchev–Trinajstić information content (AvgIpc) is 3.37. The van der Waals surface area contributed by atoms with Gasteiger partial charge in [0, 0.05) is 16.7 Å². The van der Waals surface area contributed by atoms with Crippen LogP contribution in [-0.4, -0.2) is 25.7 Å². The zero-order valence-electron chi connectivity index (χ0n) is 17.0. The molecule has 0 aliphatic rings. The van der Waals surface area contributed by atoms with Crippen molar-refractivity contribution < 1.29 is 9.53 Å². The largest absolute Gasteiger partial charge is 0.457 e. The number of halogens is 1. The van der Waals surface area contributed by atoms with E-state index in [0.717, 1.165) is 21.5 Å². The van der Waals surface area contributed by atoms with Crippen LogP contribution in [0.1, 0.15) is 0 Å². The number of hydrogen-bond acceptors (Lipinski definition) is 6. The van der Waals surface area contributed by atoms with Crippen molar-refractivity contribution in [3.63, 3.8) is 0 Å². The minimum atomic E-state index is -0.262. The van der Waals surface area contributed by atoms with Gasteiger partial charge in [-0.05, 0) is 60.7 Å². The maximum atomic E-state index is 12.8. The van der Waals surface area contributed by atoms with E-state index in [4.69, 9.17) is 28.6 Å². The highest BCUT2D eigenvalue weighted by atomic mass is 35.5. The summed E-state index contributed by atoms with van der Waals surface area (Å²) in [5.74, 6) is 1.75. The van der Waals surface area contributed by atoms with Crippen LogP contribution in [0.15, 0.2) is 72.8 Å². The van der Waals surface area contributed by atoms with Crippen molar-refractivity contribution in [3.05, 3.63) is 82.6 Å². The Balaban J connectivity index is 1.32. The molecule has 10 heteroatoms. The summed E-state index contributed by atoms with van der Waals surface area (Å²) in [6.45, 7) is -0.00835. The van der Waals surface area contributed by atoms with Crippen LogP contribution in [0.2, 0.25) is 5.02 Å². The molecule has 5 rings (SSSR count). The van der Waals surface area contributed by atoms with Gasteiger partial charge in [0.25, 0.3) is 0 Å². The number of ether oxygens (including phenoxy) is 1. The summed E-state index contributed by atoms with van der Waals surface area (Å²) >= 11 is 12.7. The molecule has 0 saturated carbocycles. The van der Waals surface area contributed by atoms with Crippen LogP contribution >= 0.6 is 35.2 Å². The van der Waals surface area contributed by atoms with Gasteiger partial charge < -0.3 is 10.1 Å². The van der Waals surface area contributed by atoms with Crippen LogP contribution in [0.3, 0.4) is 0 Å². The van der Waals surface area contributed by atoms with Crippen LogP contribution in [0.4, 0.5) is 5.13 Å². The van der Waals surface area contributed by atoms with E-state index in [1.807, 2.05) is 60.7 Å². The van der Waals surface area contributed by atoms with Crippen LogP contribution in [0.5, 0.6) is 11.5 Å². The molecule has 2 heterocycles. The highest BCUT2D eigenvalue weighted by molar-refractivity contribution is 7.71. The number of aromatic nitrogens is 4. The first-order chi connectivity index (χ1) is 16.0. The molecule has 2 N–H and O–H groups in total. The topological polar surface area (TPSA) is 84.8 Å². The Morgan fingerprint density at radius 1 is 1.09 bits per heavy atom. The first kappa shape index (κ1) is 21.3. The second kappa shape index (κ2) is 9.14. The number of carbonyl (C=O) groups is 1. The number of H-pyrrole nitrogens is 1. The highest BCUT2D eigenvalue weighted by Gasteiger charge is 2.14. The maximum absolute atomic E-state index is 12.8. The predicted molar refractivity (Wildman–Crippen MR) is 133 cm³/mol. The number of anilines is 1. The third kappa shape index (κ3) is 4.80. The number of para-hydroxylation sites is 1. The summed E-state index contributed by atoms with van der Waals surface area (Å²) in [7, 11) is 0. The molecule has 0 aliphatic heterocycles. The number of amides is 1. The molecule has 0 fully saturated rings. The fourth-order valence-corrected chi connectivity index (χ4v) is 4.47. The molecule has 164 valence electrons. The standard InChI is InChI=1S/C23H16ClN5O2S2/c24-15-8-6-14(7-9-15)21-27-28-23(32)29(21)13-20(30)26-22-25-18-11-10-17(12-19(18)33-22)31-16-4-2-1-3-5-16/h1-12H,13H2,(H,28,32)(H,25,26,30). The van der Waals surface area contributed by atoms with E-state index in [1.165, 1.54) is 11.3 Å². The zero-order chi connectivity index (χ0) is 22.8. The molecular formula is C23H16ClN5O2S2. The lowest BCUT2D eigenvalue weighted by Crippen LogP contribution is -2.19. The smallest absolute Gasteiger partial charge is 0.246 e. The number of thiazole rings is 1. The van der Waals surface area contributed by atoms with Gasteiger partial charge in [0.15, 0.2) is 15.7 Å². The Morgan fingerprint density at radius 3 is 2.67 bits per heavy atom. The molecule has 5 aromatic rings. The lowest BCUT2D eigenvalue weighted by molar-refractivity contribution is -0.116. The molecule has 0 spiro atoms. The second-order valence-electron chi connectivity index (χ2n) is 7.06. The van der Waals surface area contributed by atoms with Gasteiger partial charge in [-0.1, -0.05) is 41.1 Å². The molecule has 0 bridgehead atoms. The summed E-state index contributed by atoms with van der Waals surface area (Å²) in [4.78, 5) is 17.3. The number of carbonyl (C=O) groups excluding carboxylic acids is 1. The Hall–Kier alpha value is -3.53. The van der Waals surface area contributed by atoms with E-state index in [0.29, 0.717) is 26.5 Å². The number of fused-ring (bicyclic) bond motifs is 1. The number of benzene rings is 3. The van der Waals surface area contributed by atoms with Crippen LogP contribution in [-0.2, 0) is 11.3 Å². The molecular weight excluding hydrogens is 478 g/mol. The molecule has 7 nitrogen and oxygen atoms in total. The Kier molecular flexibility index (Phi) is 5.91. The summed E-state index contributed by atoms with van der Waals surface area (Å²) in [6.07, 6.45) is 0. The van der Waals surface area contributed by atoms with Crippen molar-refractivity contribution >= 4 is 56.4 Å². The molecule has 1 amide bonds. The second-order valence-corrected chi connectivity index (χ2v) is 8.91. The van der Waals surface area contributed by atoms with Gasteiger partial charge in [-0.15, -0.1) is 0 Å². The monoisotopic (exact) mass is 493 g/mol. The maximum Gasteiger partial charge on any atom is 0.246 e. The van der Waals surface area contributed by atoms with Crippen molar-refractivity contribution in [2.75, 3.05) is 5.32 Å². The van der Waals surface area contributed by atoms with E-state index in [2.05, 4.69) is 20.5 Å². The minimum absolute atomic E-state index is 0.00835. The van der Waals surface area contributed by atoms with Crippen LogP contribution in [0, 0.1) is 4.77 Å². The van der Waals surface area contributed by atoms with Gasteiger partial charge in [-0.3, -0.25) is 14.5 Å². The molecule has 0 radical (unpaired) electrons. The third-order valence-electron chi connectivity index (χ3n) is 4.75. The number of nitrogens with one attached hydrogen (secondary N) is 2. The predicted octanol–water partition coefficient (Wildman–Crippen LogP) is 6.30. The SMILES string of the molecule is O=C(Cn1c(-c2ccc(Cl)cc2)n[nH]c1=S)Nc1nc2ccc(Oc3ccccc3)cc2s1. The van der Waals surface area contributed by atoms with Crippen molar-refractivity contribution in [3.8, 4) is 22.9 Å².